The Balaban J connectivity index is 1.93. The van der Waals surface area contributed by atoms with Gasteiger partial charge in [0.15, 0.2) is 0 Å². The fourth-order valence-electron chi connectivity index (χ4n) is 3.97. The van der Waals surface area contributed by atoms with Gasteiger partial charge in [-0.05, 0) is 60.7 Å². The standard InChI is InChI=1S/C23H27ClN2O4S/c1-14-5-4-6-20(15(14)2)26-23(28)17-7-12-22(21(13-17)25-16(3)27)31(29,30)19-10-8-18(24)9-11-19/h7-15,20H,4-6H2,1-3H3,(H,25,27)(H,26,28). The molecule has 0 heterocycles. The van der Waals surface area contributed by atoms with Crippen molar-refractivity contribution in [3.8, 4) is 0 Å². The van der Waals surface area contributed by atoms with Crippen LogP contribution in [-0.4, -0.2) is 26.3 Å². The van der Waals surface area contributed by atoms with Crippen LogP contribution in [0.1, 0.15) is 50.4 Å². The summed E-state index contributed by atoms with van der Waals surface area (Å²) in [5.74, 6) is 0.172. The van der Waals surface area contributed by atoms with Gasteiger partial charge in [0.05, 0.1) is 15.5 Å². The number of hydrogen-bond donors (Lipinski definition) is 2. The third-order valence-electron chi connectivity index (χ3n) is 5.99. The predicted molar refractivity (Wildman–Crippen MR) is 121 cm³/mol. The number of hydrogen-bond acceptors (Lipinski definition) is 4. The highest BCUT2D eigenvalue weighted by Crippen LogP contribution is 2.31. The highest BCUT2D eigenvalue weighted by molar-refractivity contribution is 7.91. The van der Waals surface area contributed by atoms with E-state index >= 15 is 0 Å². The second kappa shape index (κ2) is 9.40. The number of anilines is 1. The van der Waals surface area contributed by atoms with Gasteiger partial charge in [-0.1, -0.05) is 38.3 Å². The van der Waals surface area contributed by atoms with Crippen LogP contribution in [0.15, 0.2) is 52.3 Å². The molecule has 31 heavy (non-hydrogen) atoms. The summed E-state index contributed by atoms with van der Waals surface area (Å²) in [7, 11) is -3.92. The summed E-state index contributed by atoms with van der Waals surface area (Å²) in [4.78, 5) is 24.6. The number of carbonyl (C=O) groups is 2. The van der Waals surface area contributed by atoms with Crippen LogP contribution in [-0.2, 0) is 14.6 Å². The maximum absolute atomic E-state index is 13.1. The molecule has 2 N–H and O–H groups in total. The minimum atomic E-state index is -3.92. The van der Waals surface area contributed by atoms with E-state index in [2.05, 4.69) is 24.5 Å². The molecule has 2 aromatic carbocycles. The van der Waals surface area contributed by atoms with Crippen LogP contribution in [0.25, 0.3) is 0 Å². The summed E-state index contributed by atoms with van der Waals surface area (Å²) in [6.45, 7) is 5.62. The maximum Gasteiger partial charge on any atom is 0.251 e. The van der Waals surface area contributed by atoms with Crippen molar-refractivity contribution in [2.45, 2.75) is 55.9 Å². The van der Waals surface area contributed by atoms with Crippen molar-refractivity contribution < 1.29 is 18.0 Å². The van der Waals surface area contributed by atoms with Gasteiger partial charge in [-0.3, -0.25) is 9.59 Å². The monoisotopic (exact) mass is 462 g/mol. The van der Waals surface area contributed by atoms with Crippen molar-refractivity contribution in [2.24, 2.45) is 11.8 Å². The Bertz CT molecular complexity index is 1080. The number of benzene rings is 2. The molecule has 1 saturated carbocycles. The predicted octanol–water partition coefficient (Wildman–Crippen LogP) is 4.69. The summed E-state index contributed by atoms with van der Waals surface area (Å²) in [5, 5.41) is 6.04. The average molecular weight is 463 g/mol. The Labute approximate surface area is 188 Å². The maximum atomic E-state index is 13.1. The number of halogens is 1. The van der Waals surface area contributed by atoms with Crippen LogP contribution in [0.2, 0.25) is 5.02 Å². The Kier molecular flexibility index (Phi) is 7.06. The second-order valence-electron chi connectivity index (χ2n) is 8.20. The summed E-state index contributed by atoms with van der Waals surface area (Å²) in [5.41, 5.74) is 0.365. The van der Waals surface area contributed by atoms with E-state index in [9.17, 15) is 18.0 Å². The van der Waals surface area contributed by atoms with Gasteiger partial charge < -0.3 is 10.6 Å². The van der Waals surface area contributed by atoms with Crippen LogP contribution in [0, 0.1) is 11.8 Å². The van der Waals surface area contributed by atoms with Crippen molar-refractivity contribution in [1.29, 1.82) is 0 Å². The molecule has 6 nitrogen and oxygen atoms in total. The van der Waals surface area contributed by atoms with Crippen molar-refractivity contribution in [1.82, 2.24) is 5.32 Å². The summed E-state index contributed by atoms with van der Waals surface area (Å²) < 4.78 is 26.3. The molecule has 0 spiro atoms. The third-order valence-corrected chi connectivity index (χ3v) is 8.07. The van der Waals surface area contributed by atoms with Gasteiger partial charge in [-0.2, -0.15) is 0 Å². The minimum Gasteiger partial charge on any atom is -0.349 e. The first-order valence-electron chi connectivity index (χ1n) is 10.3. The lowest BCUT2D eigenvalue weighted by Gasteiger charge is -2.34. The molecule has 0 saturated heterocycles. The normalized spacial score (nSPS) is 21.4. The molecular formula is C23H27ClN2O4S. The fourth-order valence-corrected chi connectivity index (χ4v) is 5.49. The molecule has 2 amide bonds. The molecule has 3 unspecified atom stereocenters. The van der Waals surface area contributed by atoms with E-state index in [-0.39, 0.29) is 27.4 Å². The van der Waals surface area contributed by atoms with Gasteiger partial charge in [0, 0.05) is 23.6 Å². The van der Waals surface area contributed by atoms with Gasteiger partial charge in [-0.15, -0.1) is 0 Å². The van der Waals surface area contributed by atoms with Crippen LogP contribution in [0.5, 0.6) is 0 Å². The molecule has 0 aromatic heterocycles. The zero-order chi connectivity index (χ0) is 22.8. The number of sulfone groups is 1. The van der Waals surface area contributed by atoms with Gasteiger partial charge in [0.2, 0.25) is 15.7 Å². The molecule has 2 aromatic rings. The highest BCUT2D eigenvalue weighted by atomic mass is 35.5. The van der Waals surface area contributed by atoms with Crippen LogP contribution in [0.3, 0.4) is 0 Å². The molecule has 8 heteroatoms. The van der Waals surface area contributed by atoms with Crippen molar-refractivity contribution in [3.05, 3.63) is 53.1 Å². The molecule has 3 rings (SSSR count). The quantitative estimate of drug-likeness (QED) is 0.674. The van der Waals surface area contributed by atoms with E-state index in [0.717, 1.165) is 19.3 Å². The van der Waals surface area contributed by atoms with E-state index in [4.69, 9.17) is 11.6 Å². The van der Waals surface area contributed by atoms with E-state index in [1.165, 1.54) is 49.4 Å². The average Bonchev–Trinajstić information content (AvgIpc) is 2.71. The number of amides is 2. The van der Waals surface area contributed by atoms with Crippen LogP contribution < -0.4 is 10.6 Å². The Hall–Kier alpha value is -2.38. The Morgan fingerprint density at radius 1 is 1.03 bits per heavy atom. The minimum absolute atomic E-state index is 0.0470. The zero-order valence-electron chi connectivity index (χ0n) is 17.8. The summed E-state index contributed by atoms with van der Waals surface area (Å²) in [6, 6.07) is 10.1. The van der Waals surface area contributed by atoms with Crippen molar-refractivity contribution in [3.63, 3.8) is 0 Å². The molecule has 0 aliphatic heterocycles. The SMILES string of the molecule is CC(=O)Nc1cc(C(=O)NC2CCCC(C)C2C)ccc1S(=O)(=O)c1ccc(Cl)cc1. The van der Waals surface area contributed by atoms with Crippen molar-refractivity contribution in [2.75, 3.05) is 5.32 Å². The molecule has 0 radical (unpaired) electrons. The van der Waals surface area contributed by atoms with Crippen LogP contribution in [0.4, 0.5) is 5.69 Å². The largest absolute Gasteiger partial charge is 0.349 e. The lowest BCUT2D eigenvalue weighted by Crippen LogP contribution is -2.43. The molecule has 166 valence electrons. The lowest BCUT2D eigenvalue weighted by molar-refractivity contribution is -0.114. The van der Waals surface area contributed by atoms with Gasteiger partial charge >= 0.3 is 0 Å². The number of nitrogens with one attached hydrogen (secondary N) is 2. The van der Waals surface area contributed by atoms with E-state index in [0.29, 0.717) is 22.4 Å². The van der Waals surface area contributed by atoms with Gasteiger partial charge in [-0.25, -0.2) is 8.42 Å². The Morgan fingerprint density at radius 2 is 1.71 bits per heavy atom. The highest BCUT2D eigenvalue weighted by Gasteiger charge is 2.29. The molecule has 3 atom stereocenters. The lowest BCUT2D eigenvalue weighted by atomic mass is 9.78. The molecule has 1 aliphatic carbocycles. The van der Waals surface area contributed by atoms with E-state index in [1.807, 2.05) is 0 Å². The van der Waals surface area contributed by atoms with E-state index in [1.54, 1.807) is 0 Å². The first kappa shape index (κ1) is 23.3. The van der Waals surface area contributed by atoms with E-state index < -0.39 is 15.7 Å². The summed E-state index contributed by atoms with van der Waals surface area (Å²) >= 11 is 5.87. The summed E-state index contributed by atoms with van der Waals surface area (Å²) in [6.07, 6.45) is 3.13. The molecular weight excluding hydrogens is 436 g/mol. The number of carbonyl (C=O) groups excluding carboxylic acids is 2. The first-order chi connectivity index (χ1) is 14.6. The molecule has 1 aliphatic rings. The molecule has 0 bridgehead atoms. The van der Waals surface area contributed by atoms with Crippen molar-refractivity contribution >= 4 is 38.9 Å². The smallest absolute Gasteiger partial charge is 0.251 e. The first-order valence-corrected chi connectivity index (χ1v) is 12.2. The zero-order valence-corrected chi connectivity index (χ0v) is 19.4. The third kappa shape index (κ3) is 5.28. The second-order valence-corrected chi connectivity index (χ2v) is 10.6. The fraction of sp³-hybridized carbons (Fsp3) is 0.391. The van der Waals surface area contributed by atoms with Gasteiger partial charge in [0.1, 0.15) is 0 Å². The topological polar surface area (TPSA) is 92.3 Å². The van der Waals surface area contributed by atoms with Crippen LogP contribution >= 0.6 is 11.6 Å². The Morgan fingerprint density at radius 3 is 2.35 bits per heavy atom. The van der Waals surface area contributed by atoms with Gasteiger partial charge in [0.25, 0.3) is 5.91 Å². The number of rotatable bonds is 5. The molecule has 1 fully saturated rings.